The van der Waals surface area contributed by atoms with Gasteiger partial charge in [-0.05, 0) is 12.3 Å². The molecule has 0 amide bonds. The SMILES string of the molecule is CC(C)C1(C(=O)O)CCN(S(N)(=O)=O)C1. The summed E-state index contributed by atoms with van der Waals surface area (Å²) in [6.45, 7) is 3.71. The van der Waals surface area contributed by atoms with Gasteiger partial charge < -0.3 is 5.11 Å². The lowest BCUT2D eigenvalue weighted by atomic mass is 9.77. The number of carbonyl (C=O) groups is 1. The van der Waals surface area contributed by atoms with Crippen LogP contribution >= 0.6 is 0 Å². The predicted molar refractivity (Wildman–Crippen MR) is 54.2 cm³/mol. The van der Waals surface area contributed by atoms with Gasteiger partial charge in [-0.2, -0.15) is 12.7 Å². The van der Waals surface area contributed by atoms with Crippen molar-refractivity contribution in [2.24, 2.45) is 16.5 Å². The van der Waals surface area contributed by atoms with Crippen LogP contribution in [-0.2, 0) is 15.0 Å². The summed E-state index contributed by atoms with van der Waals surface area (Å²) in [7, 11) is -3.77. The van der Waals surface area contributed by atoms with Crippen molar-refractivity contribution in [3.8, 4) is 0 Å². The third kappa shape index (κ3) is 2.14. The maximum atomic E-state index is 11.2. The Morgan fingerprint density at radius 1 is 1.53 bits per heavy atom. The Bertz CT molecular complexity index is 365. The fourth-order valence-corrected chi connectivity index (χ4v) is 2.66. The van der Waals surface area contributed by atoms with Crippen LogP contribution in [0.1, 0.15) is 20.3 Å². The van der Waals surface area contributed by atoms with Gasteiger partial charge >= 0.3 is 5.97 Å². The molecular weight excluding hydrogens is 220 g/mol. The Morgan fingerprint density at radius 3 is 2.27 bits per heavy atom. The van der Waals surface area contributed by atoms with E-state index < -0.39 is 21.6 Å². The Balaban J connectivity index is 2.96. The molecule has 0 bridgehead atoms. The second-order valence-corrected chi connectivity index (χ2v) is 5.79. The molecule has 0 radical (unpaired) electrons. The Labute approximate surface area is 89.2 Å². The zero-order valence-electron chi connectivity index (χ0n) is 8.80. The van der Waals surface area contributed by atoms with Gasteiger partial charge in [0.15, 0.2) is 0 Å². The molecule has 3 N–H and O–H groups in total. The third-order valence-electron chi connectivity index (χ3n) is 3.16. The predicted octanol–water partition coefficient (Wildman–Crippen LogP) is -0.377. The topological polar surface area (TPSA) is 101 Å². The molecule has 1 rings (SSSR count). The van der Waals surface area contributed by atoms with E-state index in [4.69, 9.17) is 10.2 Å². The van der Waals surface area contributed by atoms with Gasteiger partial charge in [-0.15, -0.1) is 0 Å². The third-order valence-corrected chi connectivity index (χ3v) is 4.19. The number of rotatable bonds is 3. The first-order valence-electron chi connectivity index (χ1n) is 4.71. The van der Waals surface area contributed by atoms with Gasteiger partial charge in [0.2, 0.25) is 0 Å². The van der Waals surface area contributed by atoms with E-state index in [1.807, 2.05) is 0 Å². The lowest BCUT2D eigenvalue weighted by Crippen LogP contribution is -2.42. The van der Waals surface area contributed by atoms with E-state index in [1.54, 1.807) is 13.8 Å². The lowest BCUT2D eigenvalue weighted by Gasteiger charge is -2.28. The summed E-state index contributed by atoms with van der Waals surface area (Å²) in [4.78, 5) is 11.2. The largest absolute Gasteiger partial charge is 0.481 e. The standard InChI is InChI=1S/C8H16N2O4S/c1-6(2)8(7(11)12)3-4-10(5-8)15(9,13)14/h6H,3-5H2,1-2H3,(H,11,12)(H2,9,13,14). The van der Waals surface area contributed by atoms with Crippen molar-refractivity contribution in [3.05, 3.63) is 0 Å². The lowest BCUT2D eigenvalue weighted by molar-refractivity contribution is -0.150. The van der Waals surface area contributed by atoms with E-state index >= 15 is 0 Å². The van der Waals surface area contributed by atoms with E-state index in [0.29, 0.717) is 6.42 Å². The molecule has 1 atom stereocenters. The van der Waals surface area contributed by atoms with Crippen LogP contribution < -0.4 is 5.14 Å². The summed E-state index contributed by atoms with van der Waals surface area (Å²) in [6, 6.07) is 0. The van der Waals surface area contributed by atoms with Gasteiger partial charge in [0, 0.05) is 13.1 Å². The number of carboxylic acid groups (broad SMARTS) is 1. The van der Waals surface area contributed by atoms with E-state index in [0.717, 1.165) is 4.31 Å². The van der Waals surface area contributed by atoms with Crippen LogP contribution in [0.4, 0.5) is 0 Å². The average Bonchev–Trinajstić information content (AvgIpc) is 2.46. The van der Waals surface area contributed by atoms with Crippen LogP contribution in [0.3, 0.4) is 0 Å². The molecule has 0 aliphatic carbocycles. The van der Waals surface area contributed by atoms with Gasteiger partial charge in [0.05, 0.1) is 5.41 Å². The Kier molecular flexibility index (Phi) is 3.09. The van der Waals surface area contributed by atoms with Crippen LogP contribution in [0, 0.1) is 11.3 Å². The zero-order valence-corrected chi connectivity index (χ0v) is 9.62. The minimum Gasteiger partial charge on any atom is -0.481 e. The average molecular weight is 236 g/mol. The monoisotopic (exact) mass is 236 g/mol. The highest BCUT2D eigenvalue weighted by atomic mass is 32.2. The van der Waals surface area contributed by atoms with Gasteiger partial charge in [0.25, 0.3) is 10.2 Å². The Hall–Kier alpha value is -0.660. The number of hydrogen-bond donors (Lipinski definition) is 2. The van der Waals surface area contributed by atoms with Crippen molar-refractivity contribution >= 4 is 16.2 Å². The van der Waals surface area contributed by atoms with E-state index in [-0.39, 0.29) is 19.0 Å². The normalized spacial score (nSPS) is 28.5. The number of aliphatic carboxylic acids is 1. The summed E-state index contributed by atoms with van der Waals surface area (Å²) in [6.07, 6.45) is 0.316. The zero-order chi connectivity index (χ0) is 11.9. The first-order valence-corrected chi connectivity index (χ1v) is 6.22. The van der Waals surface area contributed by atoms with Crippen molar-refractivity contribution in [2.45, 2.75) is 20.3 Å². The second-order valence-electron chi connectivity index (χ2n) is 4.24. The van der Waals surface area contributed by atoms with Gasteiger partial charge in [-0.1, -0.05) is 13.8 Å². The minimum atomic E-state index is -3.77. The maximum absolute atomic E-state index is 11.2. The minimum absolute atomic E-state index is 0.0289. The quantitative estimate of drug-likeness (QED) is 0.697. The molecular formula is C8H16N2O4S. The van der Waals surface area contributed by atoms with E-state index in [9.17, 15) is 13.2 Å². The highest BCUT2D eigenvalue weighted by Gasteiger charge is 2.49. The first-order chi connectivity index (χ1) is 6.70. The summed E-state index contributed by atoms with van der Waals surface area (Å²) in [5.74, 6) is -1.08. The van der Waals surface area contributed by atoms with Crippen LogP contribution in [0.25, 0.3) is 0 Å². The molecule has 1 fully saturated rings. The fourth-order valence-electron chi connectivity index (χ4n) is 1.91. The number of nitrogens with two attached hydrogens (primary N) is 1. The van der Waals surface area contributed by atoms with Crippen LogP contribution in [0.15, 0.2) is 0 Å². The molecule has 6 nitrogen and oxygen atoms in total. The van der Waals surface area contributed by atoms with E-state index in [1.165, 1.54) is 0 Å². The highest BCUT2D eigenvalue weighted by Crippen LogP contribution is 2.38. The second kappa shape index (κ2) is 3.73. The smallest absolute Gasteiger partial charge is 0.311 e. The summed E-state index contributed by atoms with van der Waals surface area (Å²) >= 11 is 0. The van der Waals surface area contributed by atoms with Gasteiger partial charge in [-0.3, -0.25) is 4.79 Å². The fraction of sp³-hybridized carbons (Fsp3) is 0.875. The molecule has 0 spiro atoms. The van der Waals surface area contributed by atoms with Crippen molar-refractivity contribution in [2.75, 3.05) is 13.1 Å². The molecule has 0 aromatic rings. The van der Waals surface area contributed by atoms with Crippen molar-refractivity contribution in [1.82, 2.24) is 4.31 Å². The van der Waals surface area contributed by atoms with Crippen LogP contribution in [0.2, 0.25) is 0 Å². The van der Waals surface area contributed by atoms with Crippen LogP contribution in [-0.4, -0.2) is 36.9 Å². The van der Waals surface area contributed by atoms with Crippen LogP contribution in [0.5, 0.6) is 0 Å². The molecule has 0 saturated carbocycles. The highest BCUT2D eigenvalue weighted by molar-refractivity contribution is 7.86. The molecule has 1 heterocycles. The molecule has 1 unspecified atom stereocenters. The number of nitrogens with zero attached hydrogens (tertiary/aromatic N) is 1. The van der Waals surface area contributed by atoms with Gasteiger partial charge in [0.1, 0.15) is 0 Å². The first kappa shape index (κ1) is 12.4. The molecule has 7 heteroatoms. The summed E-state index contributed by atoms with van der Waals surface area (Å²) < 4.78 is 23.2. The molecule has 0 aromatic heterocycles. The Morgan fingerprint density at radius 2 is 2.07 bits per heavy atom. The molecule has 15 heavy (non-hydrogen) atoms. The molecule has 1 aliphatic heterocycles. The van der Waals surface area contributed by atoms with Crippen molar-refractivity contribution < 1.29 is 18.3 Å². The summed E-state index contributed by atoms with van der Waals surface area (Å²) in [5.41, 5.74) is -0.994. The molecule has 1 aliphatic rings. The maximum Gasteiger partial charge on any atom is 0.311 e. The van der Waals surface area contributed by atoms with E-state index in [2.05, 4.69) is 0 Å². The number of hydrogen-bond acceptors (Lipinski definition) is 3. The summed E-state index contributed by atoms with van der Waals surface area (Å²) in [5, 5.41) is 14.1. The van der Waals surface area contributed by atoms with Crippen molar-refractivity contribution in [1.29, 1.82) is 0 Å². The molecule has 1 saturated heterocycles. The molecule has 0 aromatic carbocycles. The van der Waals surface area contributed by atoms with Crippen molar-refractivity contribution in [3.63, 3.8) is 0 Å². The number of carboxylic acids is 1. The molecule has 88 valence electrons. The van der Waals surface area contributed by atoms with Gasteiger partial charge in [-0.25, -0.2) is 5.14 Å².